The first-order valence-corrected chi connectivity index (χ1v) is 8.23. The zero-order valence-corrected chi connectivity index (χ0v) is 13.7. The Morgan fingerprint density at radius 2 is 1.62 bits per heavy atom. The van der Waals surface area contributed by atoms with E-state index in [-0.39, 0.29) is 5.97 Å². The van der Waals surface area contributed by atoms with Crippen molar-refractivity contribution in [3.05, 3.63) is 83.9 Å². The molecule has 3 aromatic rings. The van der Waals surface area contributed by atoms with Gasteiger partial charge in [-0.05, 0) is 41.0 Å². The standard InChI is InChI=1S/C22H20O2/c1-2-8-20(15-17-9-4-3-5-10-17)22(23)24-21-14-13-18-11-6-7-12-19(18)16-21/h3-7,9-16H,2,8H2,1H3. The van der Waals surface area contributed by atoms with E-state index in [0.717, 1.165) is 22.8 Å². The van der Waals surface area contributed by atoms with Crippen LogP contribution in [0.15, 0.2) is 78.4 Å². The summed E-state index contributed by atoms with van der Waals surface area (Å²) in [5, 5.41) is 2.19. The predicted octanol–water partition coefficient (Wildman–Crippen LogP) is 5.63. The molecule has 0 aliphatic carbocycles. The Morgan fingerprint density at radius 3 is 2.38 bits per heavy atom. The highest BCUT2D eigenvalue weighted by Gasteiger charge is 2.12. The SMILES string of the molecule is CCCC(=Cc1ccccc1)C(=O)Oc1ccc2ccccc2c1. The number of hydrogen-bond acceptors (Lipinski definition) is 2. The largest absolute Gasteiger partial charge is 0.423 e. The van der Waals surface area contributed by atoms with Crippen molar-refractivity contribution >= 4 is 22.8 Å². The third-order valence-corrected chi connectivity index (χ3v) is 3.85. The lowest BCUT2D eigenvalue weighted by Crippen LogP contribution is -2.11. The second-order valence-electron chi connectivity index (χ2n) is 5.73. The lowest BCUT2D eigenvalue weighted by atomic mass is 10.1. The Balaban J connectivity index is 1.83. The van der Waals surface area contributed by atoms with E-state index >= 15 is 0 Å². The van der Waals surface area contributed by atoms with E-state index in [2.05, 4.69) is 6.92 Å². The maximum Gasteiger partial charge on any atom is 0.339 e. The summed E-state index contributed by atoms with van der Waals surface area (Å²) >= 11 is 0. The van der Waals surface area contributed by atoms with Crippen LogP contribution in [-0.2, 0) is 4.79 Å². The van der Waals surface area contributed by atoms with E-state index in [1.54, 1.807) is 0 Å². The fourth-order valence-corrected chi connectivity index (χ4v) is 2.66. The van der Waals surface area contributed by atoms with E-state index < -0.39 is 0 Å². The summed E-state index contributed by atoms with van der Waals surface area (Å²) in [6.07, 6.45) is 3.50. The Kier molecular flexibility index (Phi) is 5.07. The van der Waals surface area contributed by atoms with E-state index in [1.165, 1.54) is 0 Å². The normalized spacial score (nSPS) is 11.5. The van der Waals surface area contributed by atoms with Gasteiger partial charge in [0.25, 0.3) is 0 Å². The summed E-state index contributed by atoms with van der Waals surface area (Å²) in [5.41, 5.74) is 1.70. The molecule has 120 valence electrons. The molecule has 0 fully saturated rings. The molecule has 0 unspecified atom stereocenters. The Hall–Kier alpha value is -2.87. The number of hydrogen-bond donors (Lipinski definition) is 0. The van der Waals surface area contributed by atoms with Gasteiger partial charge in [0.2, 0.25) is 0 Å². The highest BCUT2D eigenvalue weighted by molar-refractivity contribution is 5.95. The number of esters is 1. The number of benzene rings is 3. The van der Waals surface area contributed by atoms with E-state index in [4.69, 9.17) is 4.74 Å². The molecule has 0 radical (unpaired) electrons. The van der Waals surface area contributed by atoms with Crippen molar-refractivity contribution in [1.29, 1.82) is 0 Å². The molecule has 0 saturated heterocycles. The Bertz CT molecular complexity index is 863. The second kappa shape index (κ2) is 7.60. The fourth-order valence-electron chi connectivity index (χ4n) is 2.66. The van der Waals surface area contributed by atoms with Crippen LogP contribution in [0.5, 0.6) is 5.75 Å². The molecule has 0 aliphatic heterocycles. The van der Waals surface area contributed by atoms with E-state index in [0.29, 0.717) is 17.7 Å². The molecule has 3 rings (SSSR count). The average Bonchev–Trinajstić information content (AvgIpc) is 2.62. The number of ether oxygens (including phenoxy) is 1. The van der Waals surface area contributed by atoms with Crippen molar-refractivity contribution in [3.63, 3.8) is 0 Å². The highest BCUT2D eigenvalue weighted by Crippen LogP contribution is 2.22. The number of fused-ring (bicyclic) bond motifs is 1. The number of rotatable bonds is 5. The lowest BCUT2D eigenvalue weighted by molar-refractivity contribution is -0.130. The monoisotopic (exact) mass is 316 g/mol. The minimum atomic E-state index is -0.281. The summed E-state index contributed by atoms with van der Waals surface area (Å²) in [5.74, 6) is 0.296. The summed E-state index contributed by atoms with van der Waals surface area (Å²) in [7, 11) is 0. The van der Waals surface area contributed by atoms with Crippen LogP contribution in [0.25, 0.3) is 16.8 Å². The molecule has 0 aromatic heterocycles. The minimum absolute atomic E-state index is 0.281. The first kappa shape index (κ1) is 16.0. The van der Waals surface area contributed by atoms with E-state index in [9.17, 15) is 4.79 Å². The van der Waals surface area contributed by atoms with Crippen molar-refractivity contribution in [2.24, 2.45) is 0 Å². The molecule has 0 atom stereocenters. The summed E-state index contributed by atoms with van der Waals surface area (Å²) < 4.78 is 5.60. The van der Waals surface area contributed by atoms with Crippen LogP contribution in [-0.4, -0.2) is 5.97 Å². The van der Waals surface area contributed by atoms with Gasteiger partial charge >= 0.3 is 5.97 Å². The topological polar surface area (TPSA) is 26.3 Å². The van der Waals surface area contributed by atoms with Crippen molar-refractivity contribution in [2.45, 2.75) is 19.8 Å². The Labute approximate surface area is 142 Å². The van der Waals surface area contributed by atoms with Gasteiger partial charge in [-0.2, -0.15) is 0 Å². The molecular weight excluding hydrogens is 296 g/mol. The van der Waals surface area contributed by atoms with Gasteiger partial charge < -0.3 is 4.74 Å². The molecule has 0 aliphatic rings. The molecule has 24 heavy (non-hydrogen) atoms. The molecular formula is C22H20O2. The van der Waals surface area contributed by atoms with Crippen LogP contribution in [0, 0.1) is 0 Å². The predicted molar refractivity (Wildman–Crippen MR) is 98.9 cm³/mol. The first-order chi connectivity index (χ1) is 11.8. The number of carbonyl (C=O) groups excluding carboxylic acids is 1. The van der Waals surface area contributed by atoms with Gasteiger partial charge in [-0.25, -0.2) is 4.79 Å². The van der Waals surface area contributed by atoms with Crippen LogP contribution >= 0.6 is 0 Å². The van der Waals surface area contributed by atoms with Crippen molar-refractivity contribution in [3.8, 4) is 5.75 Å². The number of carbonyl (C=O) groups is 1. The molecule has 0 N–H and O–H groups in total. The molecule has 3 aromatic carbocycles. The molecule has 0 bridgehead atoms. The van der Waals surface area contributed by atoms with Gasteiger partial charge in [0, 0.05) is 5.57 Å². The molecule has 0 saturated carbocycles. The third-order valence-electron chi connectivity index (χ3n) is 3.85. The average molecular weight is 316 g/mol. The first-order valence-electron chi connectivity index (χ1n) is 8.23. The van der Waals surface area contributed by atoms with Crippen LogP contribution in [0.3, 0.4) is 0 Å². The van der Waals surface area contributed by atoms with Gasteiger partial charge in [-0.3, -0.25) is 0 Å². The Morgan fingerprint density at radius 1 is 0.917 bits per heavy atom. The maximum atomic E-state index is 12.6. The maximum absolute atomic E-state index is 12.6. The third kappa shape index (κ3) is 3.90. The van der Waals surface area contributed by atoms with Crippen LogP contribution in [0.4, 0.5) is 0 Å². The highest BCUT2D eigenvalue weighted by atomic mass is 16.5. The fraction of sp³-hybridized carbons (Fsp3) is 0.136. The van der Waals surface area contributed by atoms with E-state index in [1.807, 2.05) is 78.9 Å². The molecule has 0 amide bonds. The van der Waals surface area contributed by atoms with Crippen LogP contribution in [0.1, 0.15) is 25.3 Å². The molecule has 2 heteroatoms. The molecule has 2 nitrogen and oxygen atoms in total. The van der Waals surface area contributed by atoms with Gasteiger partial charge in [0.15, 0.2) is 0 Å². The van der Waals surface area contributed by atoms with Gasteiger partial charge in [0.1, 0.15) is 5.75 Å². The lowest BCUT2D eigenvalue weighted by Gasteiger charge is -2.08. The van der Waals surface area contributed by atoms with Gasteiger partial charge in [-0.15, -0.1) is 0 Å². The minimum Gasteiger partial charge on any atom is -0.423 e. The summed E-state index contributed by atoms with van der Waals surface area (Å²) in [6.45, 7) is 2.06. The summed E-state index contributed by atoms with van der Waals surface area (Å²) in [4.78, 5) is 12.6. The van der Waals surface area contributed by atoms with Gasteiger partial charge in [0.05, 0.1) is 0 Å². The van der Waals surface area contributed by atoms with Crippen molar-refractivity contribution < 1.29 is 9.53 Å². The zero-order chi connectivity index (χ0) is 16.8. The quantitative estimate of drug-likeness (QED) is 0.346. The molecule has 0 heterocycles. The van der Waals surface area contributed by atoms with Crippen LogP contribution in [0.2, 0.25) is 0 Å². The van der Waals surface area contributed by atoms with Crippen LogP contribution < -0.4 is 4.74 Å². The van der Waals surface area contributed by atoms with Crippen molar-refractivity contribution in [2.75, 3.05) is 0 Å². The summed E-state index contributed by atoms with van der Waals surface area (Å²) in [6, 6.07) is 23.6. The second-order valence-corrected chi connectivity index (χ2v) is 5.73. The van der Waals surface area contributed by atoms with Gasteiger partial charge in [-0.1, -0.05) is 74.0 Å². The smallest absolute Gasteiger partial charge is 0.339 e. The molecule has 0 spiro atoms. The van der Waals surface area contributed by atoms with Crippen molar-refractivity contribution in [1.82, 2.24) is 0 Å². The zero-order valence-electron chi connectivity index (χ0n) is 13.7.